The van der Waals surface area contributed by atoms with Crippen molar-refractivity contribution in [3.63, 3.8) is 0 Å². The van der Waals surface area contributed by atoms with Gasteiger partial charge < -0.3 is 19.9 Å². The van der Waals surface area contributed by atoms with E-state index in [0.29, 0.717) is 63.5 Å². The van der Waals surface area contributed by atoms with Crippen molar-refractivity contribution in [2.45, 2.75) is 31.8 Å². The first-order chi connectivity index (χ1) is 21.4. The number of hydrogen-bond donors (Lipinski definition) is 1. The number of halogens is 2. The van der Waals surface area contributed by atoms with Gasteiger partial charge in [0.05, 0.1) is 19.4 Å². The molecule has 2 aliphatic rings. The molecule has 2 aliphatic heterocycles. The SMILES string of the molecule is COc1ccc(CN2CCN(c3nc(-c4cnc5ccc(F)cn45)nc(NC4CCCN(C(=O)CC#N)C4)c3F)CC2)cc1. The van der Waals surface area contributed by atoms with Gasteiger partial charge in [0.25, 0.3) is 0 Å². The molecule has 3 aromatic heterocycles. The van der Waals surface area contributed by atoms with E-state index in [2.05, 4.69) is 25.2 Å². The summed E-state index contributed by atoms with van der Waals surface area (Å²) in [5.74, 6) is -0.105. The lowest BCUT2D eigenvalue weighted by Crippen LogP contribution is -2.47. The zero-order chi connectivity index (χ0) is 30.6. The molecule has 1 amide bonds. The smallest absolute Gasteiger partial charge is 0.236 e. The van der Waals surface area contributed by atoms with Crippen LogP contribution < -0.4 is 15.0 Å². The number of nitrogens with one attached hydrogen (secondary N) is 1. The number of anilines is 2. The molecule has 5 heterocycles. The fourth-order valence-electron chi connectivity index (χ4n) is 5.78. The number of benzene rings is 1. The van der Waals surface area contributed by atoms with Gasteiger partial charge in [-0.1, -0.05) is 12.1 Å². The number of piperidine rings is 1. The molecule has 4 aromatic rings. The van der Waals surface area contributed by atoms with Gasteiger partial charge in [-0.2, -0.15) is 9.65 Å². The highest BCUT2D eigenvalue weighted by molar-refractivity contribution is 5.78. The number of methoxy groups -OCH3 is 1. The minimum Gasteiger partial charge on any atom is -0.497 e. The lowest BCUT2D eigenvalue weighted by Gasteiger charge is -2.36. The predicted molar refractivity (Wildman–Crippen MR) is 160 cm³/mol. The standard InChI is InChI=1S/C31H33F2N9O2/c1-44-24-7-4-21(5-8-24)18-39-13-15-40(16-14-39)31-28(33)30(36-23-3-2-12-41(20-23)27(43)10-11-34)37-29(38-31)25-17-35-26-9-6-22(32)19-42(25)26/h4-9,17,19,23H,2-3,10,12-16,18,20H2,1H3,(H,36,37,38). The summed E-state index contributed by atoms with van der Waals surface area (Å²) in [6.07, 6.45) is 4.07. The number of carbonyl (C=O) groups is 1. The third kappa shape index (κ3) is 6.26. The molecule has 0 bridgehead atoms. The first kappa shape index (κ1) is 29.3. The van der Waals surface area contributed by atoms with Crippen molar-refractivity contribution in [3.8, 4) is 23.3 Å². The second-order valence-electron chi connectivity index (χ2n) is 11.0. The lowest BCUT2D eigenvalue weighted by molar-refractivity contribution is -0.131. The maximum Gasteiger partial charge on any atom is 0.236 e. The van der Waals surface area contributed by atoms with Crippen LogP contribution in [0.2, 0.25) is 0 Å². The van der Waals surface area contributed by atoms with Gasteiger partial charge >= 0.3 is 0 Å². The van der Waals surface area contributed by atoms with Gasteiger partial charge in [-0.25, -0.2) is 19.3 Å². The van der Waals surface area contributed by atoms with Crippen LogP contribution >= 0.6 is 0 Å². The van der Waals surface area contributed by atoms with Crippen molar-refractivity contribution < 1.29 is 18.3 Å². The van der Waals surface area contributed by atoms with E-state index in [0.717, 1.165) is 17.9 Å². The normalized spacial score (nSPS) is 17.5. The van der Waals surface area contributed by atoms with E-state index in [-0.39, 0.29) is 35.8 Å². The Morgan fingerprint density at radius 3 is 2.64 bits per heavy atom. The quantitative estimate of drug-likeness (QED) is 0.323. The van der Waals surface area contributed by atoms with Crippen LogP contribution in [-0.4, -0.2) is 87.5 Å². The van der Waals surface area contributed by atoms with Crippen molar-refractivity contribution in [2.24, 2.45) is 0 Å². The summed E-state index contributed by atoms with van der Waals surface area (Å²) in [7, 11) is 1.64. The van der Waals surface area contributed by atoms with Crippen LogP contribution in [0.15, 0.2) is 48.8 Å². The number of rotatable bonds is 8. The van der Waals surface area contributed by atoms with Crippen molar-refractivity contribution in [2.75, 3.05) is 56.6 Å². The number of hydrogen-bond acceptors (Lipinski definition) is 9. The Kier molecular flexibility index (Phi) is 8.51. The maximum absolute atomic E-state index is 16.2. The van der Waals surface area contributed by atoms with E-state index in [1.54, 1.807) is 28.7 Å². The third-order valence-corrected chi connectivity index (χ3v) is 8.11. The molecule has 0 aliphatic carbocycles. The molecule has 44 heavy (non-hydrogen) atoms. The number of likely N-dealkylation sites (tertiary alicyclic amines) is 1. The summed E-state index contributed by atoms with van der Waals surface area (Å²) < 4.78 is 37.2. The van der Waals surface area contributed by atoms with Crippen LogP contribution in [0.1, 0.15) is 24.8 Å². The molecule has 13 heteroatoms. The number of nitriles is 1. The number of ether oxygens (including phenoxy) is 1. The molecule has 6 rings (SSSR count). The monoisotopic (exact) mass is 601 g/mol. The van der Waals surface area contributed by atoms with Gasteiger partial charge in [0.15, 0.2) is 17.5 Å². The van der Waals surface area contributed by atoms with E-state index in [1.165, 1.54) is 12.3 Å². The second-order valence-corrected chi connectivity index (χ2v) is 11.0. The minimum absolute atomic E-state index is 0.0107. The van der Waals surface area contributed by atoms with Crippen LogP contribution in [0.25, 0.3) is 17.2 Å². The number of nitrogens with zero attached hydrogens (tertiary/aromatic N) is 8. The molecule has 1 unspecified atom stereocenters. The molecule has 11 nitrogen and oxygen atoms in total. The maximum atomic E-state index is 16.2. The number of aromatic nitrogens is 4. The molecule has 228 valence electrons. The fraction of sp³-hybridized carbons (Fsp3) is 0.387. The van der Waals surface area contributed by atoms with Crippen molar-refractivity contribution >= 4 is 23.2 Å². The first-order valence-electron chi connectivity index (χ1n) is 14.6. The average Bonchev–Trinajstić information content (AvgIpc) is 3.46. The van der Waals surface area contributed by atoms with Gasteiger partial charge in [-0.3, -0.25) is 14.1 Å². The summed E-state index contributed by atoms with van der Waals surface area (Å²) >= 11 is 0. The van der Waals surface area contributed by atoms with Gasteiger partial charge in [-0.05, 0) is 42.7 Å². The van der Waals surface area contributed by atoms with E-state index in [4.69, 9.17) is 10.00 Å². The number of carbonyl (C=O) groups excluding carboxylic acids is 1. The molecule has 0 spiro atoms. The molecule has 2 saturated heterocycles. The van der Waals surface area contributed by atoms with Gasteiger partial charge in [0.2, 0.25) is 11.7 Å². The van der Waals surface area contributed by atoms with E-state index >= 15 is 4.39 Å². The van der Waals surface area contributed by atoms with E-state index in [9.17, 15) is 9.18 Å². The molecule has 1 atom stereocenters. The minimum atomic E-state index is -0.585. The lowest BCUT2D eigenvalue weighted by atomic mass is 10.1. The summed E-state index contributed by atoms with van der Waals surface area (Å²) in [5, 5.41) is 12.2. The van der Waals surface area contributed by atoms with Crippen LogP contribution in [0.5, 0.6) is 5.75 Å². The Morgan fingerprint density at radius 2 is 1.89 bits per heavy atom. The van der Waals surface area contributed by atoms with Crippen LogP contribution in [-0.2, 0) is 11.3 Å². The van der Waals surface area contributed by atoms with Crippen molar-refractivity contribution in [1.29, 1.82) is 5.26 Å². The summed E-state index contributed by atoms with van der Waals surface area (Å²) in [6, 6.07) is 12.5. The highest BCUT2D eigenvalue weighted by Crippen LogP contribution is 2.30. The number of fused-ring (bicyclic) bond motifs is 1. The molecular weight excluding hydrogens is 568 g/mol. The Labute approximate surface area is 253 Å². The first-order valence-corrected chi connectivity index (χ1v) is 14.6. The Hall–Kier alpha value is -4.83. The summed E-state index contributed by atoms with van der Waals surface area (Å²) in [4.78, 5) is 31.8. The average molecular weight is 602 g/mol. The number of pyridine rings is 1. The van der Waals surface area contributed by atoms with E-state index < -0.39 is 11.6 Å². The number of piperazine rings is 1. The van der Waals surface area contributed by atoms with Crippen molar-refractivity contribution in [3.05, 3.63) is 66.0 Å². The molecule has 1 N–H and O–H groups in total. The van der Waals surface area contributed by atoms with Gasteiger partial charge in [0.1, 0.15) is 29.3 Å². The molecular formula is C31H33F2N9O2. The number of amides is 1. The van der Waals surface area contributed by atoms with Gasteiger partial charge in [0, 0.05) is 58.1 Å². The molecule has 1 aromatic carbocycles. The molecule has 2 fully saturated rings. The number of imidazole rings is 1. The van der Waals surface area contributed by atoms with Crippen molar-refractivity contribution in [1.82, 2.24) is 29.2 Å². The summed E-state index contributed by atoms with van der Waals surface area (Å²) in [6.45, 7) is 4.14. The van der Waals surface area contributed by atoms with Gasteiger partial charge in [-0.15, -0.1) is 0 Å². The van der Waals surface area contributed by atoms with Crippen LogP contribution in [0.4, 0.5) is 20.4 Å². The van der Waals surface area contributed by atoms with E-state index in [1.807, 2.05) is 35.2 Å². The zero-order valence-corrected chi connectivity index (χ0v) is 24.4. The highest BCUT2D eigenvalue weighted by Gasteiger charge is 2.29. The third-order valence-electron chi connectivity index (χ3n) is 8.11. The topological polar surface area (TPSA) is 115 Å². The second kappa shape index (κ2) is 12.8. The predicted octanol–water partition coefficient (Wildman–Crippen LogP) is 3.72. The Balaban J connectivity index is 1.27. The Bertz CT molecular complexity index is 1680. The largest absolute Gasteiger partial charge is 0.497 e. The zero-order valence-electron chi connectivity index (χ0n) is 24.4. The molecule has 0 saturated carbocycles. The summed E-state index contributed by atoms with van der Waals surface area (Å²) in [5.41, 5.74) is 2.10. The molecule has 0 radical (unpaired) electrons. The highest BCUT2D eigenvalue weighted by atomic mass is 19.1. The fourth-order valence-corrected chi connectivity index (χ4v) is 5.78. The van der Waals surface area contributed by atoms with Crippen LogP contribution in [0, 0.1) is 23.0 Å². The Morgan fingerprint density at radius 1 is 1.09 bits per heavy atom. The van der Waals surface area contributed by atoms with Crippen LogP contribution in [0.3, 0.4) is 0 Å².